The Kier molecular flexibility index (Phi) is 5.28. The van der Waals surface area contributed by atoms with Crippen molar-refractivity contribution in [3.05, 3.63) is 30.1 Å². The Balaban J connectivity index is 2.25. The number of pyridine rings is 1. The number of halogens is 1. The first-order valence-corrected chi connectivity index (χ1v) is 5.35. The first-order valence-electron chi connectivity index (χ1n) is 4.43. The van der Waals surface area contributed by atoms with E-state index in [1.54, 1.807) is 6.20 Å². The molecule has 0 aromatic carbocycles. The summed E-state index contributed by atoms with van der Waals surface area (Å²) in [6.07, 6.45) is 1.70. The lowest BCUT2D eigenvalue weighted by Gasteiger charge is -2.07. The highest BCUT2D eigenvalue weighted by Crippen LogP contribution is 2.04. The molecule has 82 valence electrons. The molecule has 0 radical (unpaired) electrons. The highest BCUT2D eigenvalue weighted by Gasteiger charge is 2.14. The van der Waals surface area contributed by atoms with Gasteiger partial charge in [-0.1, -0.05) is 22.0 Å². The molecule has 1 heterocycles. The average Bonchev–Trinajstić information content (AvgIpc) is 2.29. The number of ether oxygens (including phenoxy) is 2. The minimum absolute atomic E-state index is 0.267. The van der Waals surface area contributed by atoms with E-state index in [-0.39, 0.29) is 12.6 Å². The van der Waals surface area contributed by atoms with E-state index in [0.717, 1.165) is 5.69 Å². The van der Waals surface area contributed by atoms with Crippen molar-refractivity contribution in [3.8, 4) is 0 Å². The number of aromatic nitrogens is 1. The predicted octanol–water partition coefficient (Wildman–Crippen LogP) is 1.53. The fraction of sp³-hybridized carbons (Fsp3) is 0.400. The van der Waals surface area contributed by atoms with Crippen LogP contribution in [0.1, 0.15) is 5.69 Å². The normalized spacial score (nSPS) is 12.1. The van der Waals surface area contributed by atoms with Gasteiger partial charge in [-0.05, 0) is 12.1 Å². The van der Waals surface area contributed by atoms with Crippen molar-refractivity contribution in [2.45, 2.75) is 11.4 Å². The van der Waals surface area contributed by atoms with E-state index in [0.29, 0.717) is 6.61 Å². The molecule has 0 aliphatic rings. The van der Waals surface area contributed by atoms with E-state index in [1.165, 1.54) is 7.11 Å². The molecule has 0 aliphatic heterocycles. The molecule has 0 spiro atoms. The molecular formula is C10H12BrNO3. The zero-order valence-corrected chi connectivity index (χ0v) is 9.94. The number of methoxy groups -OCH3 is 1. The summed E-state index contributed by atoms with van der Waals surface area (Å²) in [4.78, 5) is 14.6. The molecule has 0 N–H and O–H groups in total. The monoisotopic (exact) mass is 273 g/mol. The third kappa shape index (κ3) is 4.40. The van der Waals surface area contributed by atoms with E-state index in [9.17, 15) is 4.79 Å². The van der Waals surface area contributed by atoms with Gasteiger partial charge in [-0.3, -0.25) is 9.78 Å². The van der Waals surface area contributed by atoms with Crippen LogP contribution < -0.4 is 0 Å². The molecule has 0 aliphatic carbocycles. The summed E-state index contributed by atoms with van der Waals surface area (Å²) in [5, 5.41) is 0. The van der Waals surface area contributed by atoms with Crippen LogP contribution in [0.15, 0.2) is 24.4 Å². The van der Waals surface area contributed by atoms with Gasteiger partial charge >= 0.3 is 5.97 Å². The first-order chi connectivity index (χ1) is 7.24. The molecule has 1 atom stereocenters. The molecule has 4 nitrogen and oxygen atoms in total. The minimum atomic E-state index is -0.425. The zero-order chi connectivity index (χ0) is 11.1. The van der Waals surface area contributed by atoms with E-state index >= 15 is 0 Å². The van der Waals surface area contributed by atoms with E-state index in [2.05, 4.69) is 25.7 Å². The van der Waals surface area contributed by atoms with Crippen LogP contribution in [0.4, 0.5) is 0 Å². The molecule has 1 aromatic heterocycles. The zero-order valence-electron chi connectivity index (χ0n) is 8.35. The summed E-state index contributed by atoms with van der Waals surface area (Å²) in [7, 11) is 1.34. The SMILES string of the molecule is COC(=O)C(Br)COCc1ccccn1. The van der Waals surface area contributed by atoms with Crippen molar-refractivity contribution < 1.29 is 14.3 Å². The maximum atomic E-state index is 11.0. The third-order valence-electron chi connectivity index (χ3n) is 1.70. The van der Waals surface area contributed by atoms with Crippen molar-refractivity contribution in [2.24, 2.45) is 0 Å². The fourth-order valence-electron chi connectivity index (χ4n) is 0.946. The van der Waals surface area contributed by atoms with Gasteiger partial charge in [-0.2, -0.15) is 0 Å². The lowest BCUT2D eigenvalue weighted by molar-refractivity contribution is -0.141. The minimum Gasteiger partial charge on any atom is -0.468 e. The molecule has 1 rings (SSSR count). The van der Waals surface area contributed by atoms with Crippen LogP contribution in [0.25, 0.3) is 0 Å². The van der Waals surface area contributed by atoms with Crippen molar-refractivity contribution in [1.29, 1.82) is 0 Å². The molecular weight excluding hydrogens is 262 g/mol. The summed E-state index contributed by atoms with van der Waals surface area (Å²) in [5.74, 6) is -0.337. The van der Waals surface area contributed by atoms with Crippen LogP contribution in [-0.2, 0) is 20.9 Å². The summed E-state index contributed by atoms with van der Waals surface area (Å²) in [6, 6.07) is 5.59. The number of rotatable bonds is 5. The van der Waals surface area contributed by atoms with Crippen LogP contribution in [0.3, 0.4) is 0 Å². The quantitative estimate of drug-likeness (QED) is 0.603. The second-order valence-corrected chi connectivity index (χ2v) is 3.93. The van der Waals surface area contributed by atoms with Crippen molar-refractivity contribution in [3.63, 3.8) is 0 Å². The number of alkyl halides is 1. The smallest absolute Gasteiger partial charge is 0.321 e. The lowest BCUT2D eigenvalue weighted by Crippen LogP contribution is -2.21. The number of nitrogens with zero attached hydrogens (tertiary/aromatic N) is 1. The van der Waals surface area contributed by atoms with Gasteiger partial charge in [-0.25, -0.2) is 0 Å². The molecule has 0 bridgehead atoms. The van der Waals surface area contributed by atoms with Crippen LogP contribution in [-0.4, -0.2) is 29.5 Å². The molecule has 0 saturated carbocycles. The Labute approximate surface area is 96.7 Å². The highest BCUT2D eigenvalue weighted by atomic mass is 79.9. The highest BCUT2D eigenvalue weighted by molar-refractivity contribution is 9.10. The van der Waals surface area contributed by atoms with Crippen LogP contribution in [0, 0.1) is 0 Å². The Morgan fingerprint density at radius 1 is 1.60 bits per heavy atom. The second-order valence-electron chi connectivity index (χ2n) is 2.83. The van der Waals surface area contributed by atoms with E-state index in [4.69, 9.17) is 4.74 Å². The van der Waals surface area contributed by atoms with E-state index < -0.39 is 4.83 Å². The fourth-order valence-corrected chi connectivity index (χ4v) is 1.32. The molecule has 15 heavy (non-hydrogen) atoms. The standard InChI is InChI=1S/C10H12BrNO3/c1-14-10(13)9(11)7-15-6-8-4-2-3-5-12-8/h2-5,9H,6-7H2,1H3. The van der Waals surface area contributed by atoms with Gasteiger partial charge in [0.25, 0.3) is 0 Å². The number of hydrogen-bond donors (Lipinski definition) is 0. The van der Waals surface area contributed by atoms with Gasteiger partial charge in [0.2, 0.25) is 0 Å². The summed E-state index contributed by atoms with van der Waals surface area (Å²) in [5.41, 5.74) is 0.835. The maximum Gasteiger partial charge on any atom is 0.321 e. The van der Waals surface area contributed by atoms with Gasteiger partial charge in [0.15, 0.2) is 0 Å². The molecule has 0 saturated heterocycles. The Morgan fingerprint density at radius 2 is 2.40 bits per heavy atom. The van der Waals surface area contributed by atoms with Crippen LogP contribution >= 0.6 is 15.9 Å². The molecule has 0 fully saturated rings. The number of esters is 1. The summed E-state index contributed by atoms with van der Waals surface area (Å²) >= 11 is 3.16. The number of carbonyl (C=O) groups is 1. The van der Waals surface area contributed by atoms with E-state index in [1.807, 2.05) is 18.2 Å². The second kappa shape index (κ2) is 6.53. The number of carbonyl (C=O) groups excluding carboxylic acids is 1. The molecule has 5 heteroatoms. The average molecular weight is 274 g/mol. The molecule has 1 unspecified atom stereocenters. The van der Waals surface area contributed by atoms with Crippen LogP contribution in [0.5, 0.6) is 0 Å². The van der Waals surface area contributed by atoms with Gasteiger partial charge < -0.3 is 9.47 Å². The number of hydrogen-bond acceptors (Lipinski definition) is 4. The summed E-state index contributed by atoms with van der Waals surface area (Å²) in [6.45, 7) is 0.656. The summed E-state index contributed by atoms with van der Waals surface area (Å²) < 4.78 is 9.83. The Hall–Kier alpha value is -0.940. The maximum absolute atomic E-state index is 11.0. The van der Waals surface area contributed by atoms with Gasteiger partial charge in [0.1, 0.15) is 4.83 Å². The lowest BCUT2D eigenvalue weighted by atomic mass is 10.4. The van der Waals surface area contributed by atoms with Crippen molar-refractivity contribution in [2.75, 3.05) is 13.7 Å². The van der Waals surface area contributed by atoms with Gasteiger partial charge in [-0.15, -0.1) is 0 Å². The van der Waals surface area contributed by atoms with Crippen molar-refractivity contribution in [1.82, 2.24) is 4.98 Å². The Morgan fingerprint density at radius 3 is 3.00 bits per heavy atom. The topological polar surface area (TPSA) is 48.4 Å². The predicted molar refractivity (Wildman–Crippen MR) is 58.6 cm³/mol. The molecule has 1 aromatic rings. The third-order valence-corrected chi connectivity index (χ3v) is 2.34. The largest absolute Gasteiger partial charge is 0.468 e. The molecule has 0 amide bonds. The first kappa shape index (κ1) is 12.1. The van der Waals surface area contributed by atoms with Gasteiger partial charge in [0.05, 0.1) is 26.0 Å². The van der Waals surface area contributed by atoms with Gasteiger partial charge in [0, 0.05) is 6.20 Å². The Bertz CT molecular complexity index is 305. The van der Waals surface area contributed by atoms with Crippen molar-refractivity contribution >= 4 is 21.9 Å². The van der Waals surface area contributed by atoms with Crippen LogP contribution in [0.2, 0.25) is 0 Å².